The van der Waals surface area contributed by atoms with E-state index in [1.807, 2.05) is 0 Å². The number of fused-ring (bicyclic) bond motifs is 1. The summed E-state index contributed by atoms with van der Waals surface area (Å²) in [4.78, 5) is 17.8. The Morgan fingerprint density at radius 3 is 2.22 bits per heavy atom. The number of alkyl halides is 3. The van der Waals surface area contributed by atoms with Crippen LogP contribution in [0.1, 0.15) is 11.4 Å². The number of piperazine rings is 1. The molecule has 1 amide bonds. The number of halogens is 3. The first kappa shape index (κ1) is 22.3. The predicted molar refractivity (Wildman–Crippen MR) is 112 cm³/mol. The van der Waals surface area contributed by atoms with Crippen LogP contribution in [0.2, 0.25) is 0 Å². The fourth-order valence-electron chi connectivity index (χ4n) is 3.78. The van der Waals surface area contributed by atoms with Crippen LogP contribution in [0, 0.1) is 0 Å². The summed E-state index contributed by atoms with van der Waals surface area (Å²) >= 11 is 0. The molecular formula is C21H21F3N4O3S. The summed E-state index contributed by atoms with van der Waals surface area (Å²) in [7, 11) is -3.56. The highest BCUT2D eigenvalue weighted by atomic mass is 32.2. The van der Waals surface area contributed by atoms with E-state index in [9.17, 15) is 26.4 Å². The van der Waals surface area contributed by atoms with Crippen molar-refractivity contribution in [3.8, 4) is 0 Å². The molecule has 1 aliphatic rings. The largest absolute Gasteiger partial charge is 0.449 e. The van der Waals surface area contributed by atoms with E-state index in [1.54, 1.807) is 42.5 Å². The molecule has 1 aliphatic heterocycles. The molecule has 0 aliphatic carbocycles. The van der Waals surface area contributed by atoms with E-state index < -0.39 is 34.5 Å². The summed E-state index contributed by atoms with van der Waals surface area (Å²) in [6.07, 6.45) is -4.70. The maximum atomic E-state index is 13.5. The molecular weight excluding hydrogens is 445 g/mol. The van der Waals surface area contributed by atoms with Gasteiger partial charge in [0.1, 0.15) is 6.54 Å². The summed E-state index contributed by atoms with van der Waals surface area (Å²) in [6, 6.07) is 14.9. The maximum absolute atomic E-state index is 13.5. The third kappa shape index (κ3) is 4.63. The van der Waals surface area contributed by atoms with Crippen LogP contribution in [-0.4, -0.2) is 59.3 Å². The molecule has 1 fully saturated rings. The van der Waals surface area contributed by atoms with Crippen LogP contribution < -0.4 is 0 Å². The summed E-state index contributed by atoms with van der Waals surface area (Å²) in [5.74, 6) is -1.78. The highest BCUT2D eigenvalue weighted by molar-refractivity contribution is 7.88. The fraction of sp³-hybridized carbons (Fsp3) is 0.333. The number of imidazole rings is 1. The van der Waals surface area contributed by atoms with Crippen molar-refractivity contribution in [1.82, 2.24) is 18.8 Å². The minimum Gasteiger partial charge on any atom is -0.339 e. The molecule has 0 atom stereocenters. The summed E-state index contributed by atoms with van der Waals surface area (Å²) < 4.78 is 67.9. The van der Waals surface area contributed by atoms with E-state index in [4.69, 9.17) is 0 Å². The summed E-state index contributed by atoms with van der Waals surface area (Å²) in [5.41, 5.74) is 1.04. The average molecular weight is 466 g/mol. The summed E-state index contributed by atoms with van der Waals surface area (Å²) in [5, 5.41) is 0. The quantitative estimate of drug-likeness (QED) is 0.580. The van der Waals surface area contributed by atoms with E-state index >= 15 is 0 Å². The third-order valence-electron chi connectivity index (χ3n) is 5.38. The maximum Gasteiger partial charge on any atom is 0.449 e. The lowest BCUT2D eigenvalue weighted by Gasteiger charge is -2.34. The topological polar surface area (TPSA) is 75.5 Å². The van der Waals surface area contributed by atoms with Crippen LogP contribution in [0.4, 0.5) is 13.2 Å². The number of rotatable bonds is 5. The van der Waals surface area contributed by atoms with Gasteiger partial charge in [-0.3, -0.25) is 4.79 Å². The van der Waals surface area contributed by atoms with Crippen molar-refractivity contribution in [2.24, 2.45) is 0 Å². The second-order valence-electron chi connectivity index (χ2n) is 7.53. The molecule has 2 aromatic carbocycles. The molecule has 1 saturated heterocycles. The highest BCUT2D eigenvalue weighted by Crippen LogP contribution is 2.31. The van der Waals surface area contributed by atoms with Gasteiger partial charge in [0.15, 0.2) is 0 Å². The molecule has 32 heavy (non-hydrogen) atoms. The zero-order chi connectivity index (χ0) is 22.9. The molecule has 170 valence electrons. The van der Waals surface area contributed by atoms with Crippen LogP contribution in [0.15, 0.2) is 54.6 Å². The second-order valence-corrected chi connectivity index (χ2v) is 9.50. The molecule has 0 N–H and O–H groups in total. The molecule has 7 nitrogen and oxygen atoms in total. The highest BCUT2D eigenvalue weighted by Gasteiger charge is 2.38. The third-order valence-corrected chi connectivity index (χ3v) is 7.23. The second kappa shape index (κ2) is 8.55. The van der Waals surface area contributed by atoms with Gasteiger partial charge in [-0.2, -0.15) is 17.5 Å². The van der Waals surface area contributed by atoms with Gasteiger partial charge in [0.25, 0.3) is 0 Å². The van der Waals surface area contributed by atoms with Crippen LogP contribution in [0.5, 0.6) is 0 Å². The number of amides is 1. The van der Waals surface area contributed by atoms with Crippen molar-refractivity contribution in [1.29, 1.82) is 0 Å². The van der Waals surface area contributed by atoms with E-state index in [2.05, 4.69) is 4.98 Å². The van der Waals surface area contributed by atoms with Gasteiger partial charge in [0, 0.05) is 26.2 Å². The number of para-hydroxylation sites is 2. The monoisotopic (exact) mass is 466 g/mol. The summed E-state index contributed by atoms with van der Waals surface area (Å²) in [6.45, 7) is -0.108. The van der Waals surface area contributed by atoms with E-state index in [0.717, 1.165) is 4.57 Å². The van der Waals surface area contributed by atoms with Gasteiger partial charge in [0.2, 0.25) is 21.8 Å². The van der Waals surface area contributed by atoms with Gasteiger partial charge in [-0.15, -0.1) is 0 Å². The molecule has 3 aromatic rings. The zero-order valence-electron chi connectivity index (χ0n) is 17.0. The van der Waals surface area contributed by atoms with Crippen molar-refractivity contribution >= 4 is 27.0 Å². The Morgan fingerprint density at radius 2 is 1.56 bits per heavy atom. The van der Waals surface area contributed by atoms with Gasteiger partial charge in [-0.25, -0.2) is 13.4 Å². The standard InChI is InChI=1S/C21H21F3N4O3S/c22-21(23,24)20-25-17-8-4-5-9-18(17)28(20)14-19(29)26-10-12-27(13-11-26)32(30,31)15-16-6-2-1-3-7-16/h1-9H,10-15H2. The van der Waals surface area contributed by atoms with Crippen molar-refractivity contribution in [2.75, 3.05) is 26.2 Å². The minimum atomic E-state index is -4.70. The van der Waals surface area contributed by atoms with Gasteiger partial charge in [-0.1, -0.05) is 42.5 Å². The number of benzene rings is 2. The van der Waals surface area contributed by atoms with E-state index in [0.29, 0.717) is 5.56 Å². The lowest BCUT2D eigenvalue weighted by atomic mass is 10.2. The fourth-order valence-corrected chi connectivity index (χ4v) is 5.29. The molecule has 4 rings (SSSR count). The van der Waals surface area contributed by atoms with Crippen molar-refractivity contribution in [3.63, 3.8) is 0 Å². The molecule has 1 aromatic heterocycles. The molecule has 0 spiro atoms. The molecule has 11 heteroatoms. The minimum absolute atomic E-state index is 0.0950. The number of nitrogens with zero attached hydrogens (tertiary/aromatic N) is 4. The lowest BCUT2D eigenvalue weighted by molar-refractivity contribution is -0.148. The van der Waals surface area contributed by atoms with Crippen LogP contribution in [-0.2, 0) is 33.3 Å². The number of aromatic nitrogens is 2. The Bertz CT molecular complexity index is 1220. The Labute approximate surface area is 183 Å². The molecule has 0 bridgehead atoms. The number of hydrogen-bond acceptors (Lipinski definition) is 4. The Hall–Kier alpha value is -2.92. The molecule has 0 radical (unpaired) electrons. The zero-order valence-corrected chi connectivity index (χ0v) is 17.8. The van der Waals surface area contributed by atoms with Crippen molar-refractivity contribution in [3.05, 3.63) is 66.0 Å². The smallest absolute Gasteiger partial charge is 0.339 e. The number of sulfonamides is 1. The lowest BCUT2D eigenvalue weighted by Crippen LogP contribution is -2.51. The van der Waals surface area contributed by atoms with Gasteiger partial charge in [-0.05, 0) is 17.7 Å². The molecule has 0 saturated carbocycles. The first-order valence-electron chi connectivity index (χ1n) is 9.97. The van der Waals surface area contributed by atoms with Crippen LogP contribution in [0.3, 0.4) is 0 Å². The Morgan fingerprint density at radius 1 is 0.938 bits per heavy atom. The first-order chi connectivity index (χ1) is 15.1. The SMILES string of the molecule is O=C(Cn1c(C(F)(F)F)nc2ccccc21)N1CCN(S(=O)(=O)Cc2ccccc2)CC1. The number of carbonyl (C=O) groups excluding carboxylic acids is 1. The van der Waals surface area contributed by atoms with E-state index in [1.165, 1.54) is 21.3 Å². The van der Waals surface area contributed by atoms with Crippen LogP contribution >= 0.6 is 0 Å². The number of hydrogen-bond donors (Lipinski definition) is 0. The number of carbonyl (C=O) groups is 1. The molecule has 2 heterocycles. The van der Waals surface area contributed by atoms with Crippen molar-refractivity contribution < 1.29 is 26.4 Å². The Kier molecular flexibility index (Phi) is 5.95. The average Bonchev–Trinajstić information content (AvgIpc) is 3.13. The van der Waals surface area contributed by atoms with Gasteiger partial charge >= 0.3 is 6.18 Å². The van der Waals surface area contributed by atoms with E-state index in [-0.39, 0.29) is 43.0 Å². The normalized spacial score (nSPS) is 15.9. The predicted octanol–water partition coefficient (Wildman–Crippen LogP) is 2.73. The van der Waals surface area contributed by atoms with Gasteiger partial charge in [0.05, 0.1) is 16.8 Å². The molecule has 0 unspecified atom stereocenters. The first-order valence-corrected chi connectivity index (χ1v) is 11.6. The Balaban J connectivity index is 1.45. The van der Waals surface area contributed by atoms with Gasteiger partial charge < -0.3 is 9.47 Å². The van der Waals surface area contributed by atoms with Crippen LogP contribution in [0.25, 0.3) is 11.0 Å². The van der Waals surface area contributed by atoms with Crippen molar-refractivity contribution in [2.45, 2.75) is 18.5 Å².